The number of primary amides is 1. The lowest BCUT2D eigenvalue weighted by Gasteiger charge is -2.56. The minimum atomic E-state index is -3.02. The molecule has 0 bridgehead atoms. The van der Waals surface area contributed by atoms with Crippen LogP contribution < -0.4 is 5.73 Å². The molecule has 0 spiro atoms. The zero-order valence-electron chi connectivity index (χ0n) is 21.5. The normalized spacial score (nSPS) is 33.4. The summed E-state index contributed by atoms with van der Waals surface area (Å²) >= 11 is 4.79. The molecular formula is C28H27BrN2O8S. The number of halogens is 1. The molecule has 2 fully saturated rings. The Balaban J connectivity index is 1.68. The zero-order valence-corrected chi connectivity index (χ0v) is 23.9. The minimum absolute atomic E-state index is 0.122. The van der Waals surface area contributed by atoms with Crippen molar-refractivity contribution in [3.63, 3.8) is 0 Å². The minimum Gasteiger partial charge on any atom is -0.507 e. The number of aliphatic hydroxyl groups excluding tert-OH is 1. The van der Waals surface area contributed by atoms with Gasteiger partial charge in [0.2, 0.25) is 5.91 Å². The van der Waals surface area contributed by atoms with Crippen molar-refractivity contribution in [3.8, 4) is 5.75 Å². The van der Waals surface area contributed by atoms with Gasteiger partial charge in [0.05, 0.1) is 29.5 Å². The SMILES string of the molecule is CN(C)[C@@H]1C(=O)C(C(N)=O)C(=O)[C@@]2(O)C(=O)C3C(=O)c4c(O)cccc4[C@H](CSc4ccc(Br)cc4)C3[C@H](O)C12. The summed E-state index contributed by atoms with van der Waals surface area (Å²) in [5, 5.41) is 34.3. The lowest BCUT2D eigenvalue weighted by Crippen LogP contribution is -2.77. The van der Waals surface area contributed by atoms with Gasteiger partial charge in [0.25, 0.3) is 0 Å². The maximum Gasteiger partial charge on any atom is 0.235 e. The summed E-state index contributed by atoms with van der Waals surface area (Å²) in [6, 6.07) is 10.5. The number of phenols is 1. The number of benzene rings is 2. The van der Waals surface area contributed by atoms with Crippen molar-refractivity contribution in [2.75, 3.05) is 19.8 Å². The smallest absolute Gasteiger partial charge is 0.235 e. The summed E-state index contributed by atoms with van der Waals surface area (Å²) in [5.74, 6) is -13.2. The molecule has 10 nitrogen and oxygen atoms in total. The van der Waals surface area contributed by atoms with E-state index >= 15 is 0 Å². The van der Waals surface area contributed by atoms with Gasteiger partial charge in [0.1, 0.15) is 5.75 Å². The number of phenolic OH excluding ortho intramolecular Hbond substituents is 1. The number of carbonyl (C=O) groups excluding carboxylic acids is 5. The molecule has 5 rings (SSSR count). The van der Waals surface area contributed by atoms with Crippen LogP contribution in [-0.4, -0.2) is 86.9 Å². The molecule has 2 saturated carbocycles. The molecule has 0 saturated heterocycles. The highest BCUT2D eigenvalue weighted by atomic mass is 79.9. The van der Waals surface area contributed by atoms with Gasteiger partial charge < -0.3 is 21.1 Å². The fraction of sp³-hybridized carbons (Fsp3) is 0.393. The first-order valence-corrected chi connectivity index (χ1v) is 14.3. The maximum atomic E-state index is 14.1. The van der Waals surface area contributed by atoms with E-state index in [1.54, 1.807) is 12.1 Å². The molecule has 2 aromatic rings. The second-order valence-corrected chi connectivity index (χ2v) is 12.7. The fourth-order valence-electron chi connectivity index (χ4n) is 6.68. The third-order valence-corrected chi connectivity index (χ3v) is 10.1. The summed E-state index contributed by atoms with van der Waals surface area (Å²) in [6.45, 7) is 0. The predicted octanol–water partition coefficient (Wildman–Crippen LogP) is 0.934. The molecule has 12 heteroatoms. The molecule has 4 unspecified atom stereocenters. The number of nitrogens with zero attached hydrogens (tertiary/aromatic N) is 1. The highest BCUT2D eigenvalue weighted by Gasteiger charge is 2.73. The van der Waals surface area contributed by atoms with Gasteiger partial charge in [-0.15, -0.1) is 11.8 Å². The maximum absolute atomic E-state index is 14.1. The van der Waals surface area contributed by atoms with E-state index in [2.05, 4.69) is 15.9 Å². The molecule has 3 aliphatic rings. The van der Waals surface area contributed by atoms with Crippen LogP contribution in [0.5, 0.6) is 5.75 Å². The van der Waals surface area contributed by atoms with Crippen molar-refractivity contribution in [1.82, 2.24) is 4.90 Å². The van der Waals surface area contributed by atoms with E-state index in [4.69, 9.17) is 5.73 Å². The number of aliphatic hydroxyl groups is 2. The monoisotopic (exact) mass is 630 g/mol. The van der Waals surface area contributed by atoms with Gasteiger partial charge in [-0.05, 0) is 50.0 Å². The van der Waals surface area contributed by atoms with Crippen molar-refractivity contribution >= 4 is 56.7 Å². The van der Waals surface area contributed by atoms with Gasteiger partial charge in [-0.2, -0.15) is 0 Å². The van der Waals surface area contributed by atoms with E-state index < -0.39 is 76.4 Å². The quantitative estimate of drug-likeness (QED) is 0.275. The second kappa shape index (κ2) is 10.2. The molecule has 0 heterocycles. The fourth-order valence-corrected chi connectivity index (χ4v) is 8.05. The number of fused-ring (bicyclic) bond motifs is 3. The molecular weight excluding hydrogens is 604 g/mol. The molecule has 210 valence electrons. The van der Waals surface area contributed by atoms with Crippen molar-refractivity contribution in [1.29, 1.82) is 0 Å². The third kappa shape index (κ3) is 4.07. The number of carbonyl (C=O) groups is 5. The van der Waals surface area contributed by atoms with E-state index in [0.717, 1.165) is 9.37 Å². The number of rotatable bonds is 5. The summed E-state index contributed by atoms with van der Waals surface area (Å²) in [4.78, 5) is 69.1. The summed E-state index contributed by atoms with van der Waals surface area (Å²) in [6.07, 6.45) is -1.68. The number of nitrogens with two attached hydrogens (primary N) is 1. The Kier molecular flexibility index (Phi) is 7.28. The van der Waals surface area contributed by atoms with E-state index in [0.29, 0.717) is 5.56 Å². The van der Waals surface area contributed by atoms with Crippen molar-refractivity contribution in [2.45, 2.75) is 28.6 Å². The average Bonchev–Trinajstić information content (AvgIpc) is 2.89. The van der Waals surface area contributed by atoms with E-state index in [-0.39, 0.29) is 17.1 Å². The van der Waals surface area contributed by atoms with E-state index in [9.17, 15) is 39.3 Å². The number of Topliss-reactive ketones (excluding diaryl/α,β-unsaturated/α-hetero) is 4. The Morgan fingerprint density at radius 3 is 2.33 bits per heavy atom. The predicted molar refractivity (Wildman–Crippen MR) is 147 cm³/mol. The molecule has 8 atom stereocenters. The van der Waals surface area contributed by atoms with Gasteiger partial charge in [-0.25, -0.2) is 0 Å². The second-order valence-electron chi connectivity index (χ2n) is 10.7. The summed E-state index contributed by atoms with van der Waals surface area (Å²) in [5.41, 5.74) is 2.62. The Bertz CT molecular complexity index is 1450. The average molecular weight is 632 g/mol. The molecule has 0 aliphatic heterocycles. The number of likely N-dealkylation sites (N-methyl/N-ethyl adjacent to an activating group) is 1. The highest BCUT2D eigenvalue weighted by Crippen LogP contribution is 2.55. The molecule has 1 amide bonds. The highest BCUT2D eigenvalue weighted by molar-refractivity contribution is 9.10. The standard InChI is InChI=1S/C28H27BrN2O8S/c1-31(2)21-20-23(34)17-14(10-40-12-8-6-11(29)7-9-12)13-4-3-5-15(32)16(13)22(33)18(17)25(36)28(20,39)26(37)19(24(21)35)27(30)38/h3-9,14,17-21,23,32,34,39H,10H2,1-2H3,(H2,30,38)/t14-,17?,18?,19?,20?,21-,23-,28-/m0/s1. The van der Waals surface area contributed by atoms with Crippen molar-refractivity contribution in [2.24, 2.45) is 29.4 Å². The van der Waals surface area contributed by atoms with Crippen LogP contribution in [0, 0.1) is 23.7 Å². The Morgan fingerprint density at radius 2 is 1.73 bits per heavy atom. The van der Waals surface area contributed by atoms with E-state index in [1.807, 2.05) is 24.3 Å². The molecule has 40 heavy (non-hydrogen) atoms. The number of aromatic hydroxyl groups is 1. The van der Waals surface area contributed by atoms with Gasteiger partial charge in [0, 0.05) is 27.0 Å². The molecule has 0 radical (unpaired) electrons. The number of amides is 1. The first-order valence-electron chi connectivity index (χ1n) is 12.5. The number of ketones is 4. The third-order valence-electron chi connectivity index (χ3n) is 8.39. The van der Waals surface area contributed by atoms with Crippen LogP contribution in [0.25, 0.3) is 0 Å². The van der Waals surface area contributed by atoms with Gasteiger partial charge in [0.15, 0.2) is 34.7 Å². The lowest BCUT2D eigenvalue weighted by molar-refractivity contribution is -0.196. The number of hydrogen-bond acceptors (Lipinski definition) is 10. The van der Waals surface area contributed by atoms with Gasteiger partial charge in [-0.3, -0.25) is 28.9 Å². The topological polar surface area (TPSA) is 175 Å². The first kappa shape index (κ1) is 28.6. The zero-order chi connectivity index (χ0) is 29.3. The molecule has 2 aromatic carbocycles. The van der Waals surface area contributed by atoms with Crippen LogP contribution >= 0.6 is 27.7 Å². The summed E-state index contributed by atoms with van der Waals surface area (Å²) in [7, 11) is 2.92. The van der Waals surface area contributed by atoms with Crippen molar-refractivity contribution < 1.29 is 39.3 Å². The van der Waals surface area contributed by atoms with Crippen LogP contribution in [0.2, 0.25) is 0 Å². The Labute approximate surface area is 242 Å². The molecule has 0 aromatic heterocycles. The number of thioether (sulfide) groups is 1. The van der Waals surface area contributed by atoms with E-state index in [1.165, 1.54) is 36.8 Å². The van der Waals surface area contributed by atoms with Crippen LogP contribution in [0.1, 0.15) is 21.8 Å². The van der Waals surface area contributed by atoms with Gasteiger partial charge >= 0.3 is 0 Å². The molecule has 5 N–H and O–H groups in total. The Morgan fingerprint density at radius 1 is 1.07 bits per heavy atom. The number of hydrogen-bond donors (Lipinski definition) is 4. The molecule has 3 aliphatic carbocycles. The lowest BCUT2D eigenvalue weighted by atomic mass is 9.49. The van der Waals surface area contributed by atoms with Gasteiger partial charge in [-0.1, -0.05) is 28.1 Å². The van der Waals surface area contributed by atoms with Crippen LogP contribution in [0.4, 0.5) is 0 Å². The summed E-state index contributed by atoms with van der Waals surface area (Å²) < 4.78 is 0.874. The van der Waals surface area contributed by atoms with Crippen LogP contribution in [0.3, 0.4) is 0 Å². The van der Waals surface area contributed by atoms with Crippen LogP contribution in [0.15, 0.2) is 51.8 Å². The van der Waals surface area contributed by atoms with Crippen LogP contribution in [-0.2, 0) is 19.2 Å². The van der Waals surface area contributed by atoms with Crippen molar-refractivity contribution in [3.05, 3.63) is 58.1 Å². The Hall–Kier alpha value is -2.90. The first-order chi connectivity index (χ1) is 18.8. The largest absolute Gasteiger partial charge is 0.507 e.